The number of benzene rings is 1. The van der Waals surface area contributed by atoms with E-state index >= 15 is 0 Å². The van der Waals surface area contributed by atoms with Crippen molar-refractivity contribution in [3.05, 3.63) is 58.2 Å². The van der Waals surface area contributed by atoms with Crippen LogP contribution in [-0.4, -0.2) is 37.4 Å². The van der Waals surface area contributed by atoms with Crippen molar-refractivity contribution < 1.29 is 4.79 Å². The van der Waals surface area contributed by atoms with Gasteiger partial charge in [0.2, 0.25) is 5.91 Å². The summed E-state index contributed by atoms with van der Waals surface area (Å²) in [5, 5.41) is 7.25. The number of nitrogens with one attached hydrogen (secondary N) is 1. The first kappa shape index (κ1) is 19.1. The molecule has 1 amide bonds. The molecule has 0 spiro atoms. The van der Waals surface area contributed by atoms with Gasteiger partial charge in [-0.25, -0.2) is 9.89 Å². The number of H-pyrrole nitrogens is 1. The Balaban J connectivity index is 1.39. The lowest BCUT2D eigenvalue weighted by Crippen LogP contribution is -2.34. The average molecular weight is 399 g/mol. The SMILES string of the molecule is O=C(CSc1n[nH]c(=O)n1CCc1ccccc1)N(C1=CCCCC1)C1CC1. The van der Waals surface area contributed by atoms with Crippen LogP contribution in [0.2, 0.25) is 0 Å². The van der Waals surface area contributed by atoms with E-state index < -0.39 is 0 Å². The van der Waals surface area contributed by atoms with E-state index in [1.807, 2.05) is 35.2 Å². The topological polar surface area (TPSA) is 71.0 Å². The zero-order valence-electron chi connectivity index (χ0n) is 16.0. The van der Waals surface area contributed by atoms with Crippen LogP contribution in [0.4, 0.5) is 0 Å². The Morgan fingerprint density at radius 2 is 2.07 bits per heavy atom. The number of aromatic nitrogens is 3. The van der Waals surface area contributed by atoms with E-state index in [9.17, 15) is 9.59 Å². The van der Waals surface area contributed by atoms with Crippen molar-refractivity contribution in [3.8, 4) is 0 Å². The summed E-state index contributed by atoms with van der Waals surface area (Å²) in [5.41, 5.74) is 2.15. The number of aromatic amines is 1. The number of amides is 1. The van der Waals surface area contributed by atoms with Gasteiger partial charge >= 0.3 is 5.69 Å². The molecule has 4 rings (SSSR count). The van der Waals surface area contributed by atoms with Gasteiger partial charge in [0.25, 0.3) is 0 Å². The summed E-state index contributed by atoms with van der Waals surface area (Å²) in [4.78, 5) is 27.1. The molecule has 0 bridgehead atoms. The van der Waals surface area contributed by atoms with Gasteiger partial charge in [-0.15, -0.1) is 5.10 Å². The number of allylic oxidation sites excluding steroid dienone is 2. The van der Waals surface area contributed by atoms with Crippen LogP contribution in [0.15, 0.2) is 52.1 Å². The lowest BCUT2D eigenvalue weighted by Gasteiger charge is -2.27. The minimum Gasteiger partial charge on any atom is -0.313 e. The monoisotopic (exact) mass is 398 g/mol. The van der Waals surface area contributed by atoms with Crippen LogP contribution < -0.4 is 5.69 Å². The van der Waals surface area contributed by atoms with Gasteiger partial charge in [0.05, 0.1) is 5.75 Å². The first-order valence-electron chi connectivity index (χ1n) is 10.1. The highest BCUT2D eigenvalue weighted by Gasteiger charge is 2.35. The summed E-state index contributed by atoms with van der Waals surface area (Å²) >= 11 is 1.35. The van der Waals surface area contributed by atoms with E-state index in [1.54, 1.807) is 4.57 Å². The van der Waals surface area contributed by atoms with Crippen LogP contribution in [0, 0.1) is 0 Å². The van der Waals surface area contributed by atoms with Crippen LogP contribution in [0.5, 0.6) is 0 Å². The fourth-order valence-corrected chi connectivity index (χ4v) is 4.49. The van der Waals surface area contributed by atoms with Gasteiger partial charge < -0.3 is 4.90 Å². The van der Waals surface area contributed by atoms with Crippen molar-refractivity contribution >= 4 is 17.7 Å². The second-order valence-electron chi connectivity index (χ2n) is 7.42. The van der Waals surface area contributed by atoms with Gasteiger partial charge in [-0.3, -0.25) is 9.36 Å². The first-order chi connectivity index (χ1) is 13.7. The molecule has 0 atom stereocenters. The molecule has 2 aliphatic carbocycles. The second-order valence-corrected chi connectivity index (χ2v) is 8.37. The van der Waals surface area contributed by atoms with Crippen molar-refractivity contribution in [2.24, 2.45) is 0 Å². The highest BCUT2D eigenvalue weighted by atomic mass is 32.2. The Morgan fingerprint density at radius 3 is 2.79 bits per heavy atom. The molecule has 1 heterocycles. The van der Waals surface area contributed by atoms with E-state index in [-0.39, 0.29) is 11.6 Å². The van der Waals surface area contributed by atoms with Crippen molar-refractivity contribution in [1.82, 2.24) is 19.7 Å². The Hall–Kier alpha value is -2.28. The summed E-state index contributed by atoms with van der Waals surface area (Å²) in [6.07, 6.45) is 9.61. The molecule has 0 aliphatic heterocycles. The molecule has 1 fully saturated rings. The maximum atomic E-state index is 12.9. The Morgan fingerprint density at radius 1 is 1.25 bits per heavy atom. The number of carbonyl (C=O) groups excluding carboxylic acids is 1. The fraction of sp³-hybridized carbons (Fsp3) is 0.476. The number of carbonyl (C=O) groups is 1. The molecule has 1 N–H and O–H groups in total. The van der Waals surface area contributed by atoms with Crippen LogP contribution in [0.1, 0.15) is 44.1 Å². The molecule has 1 saturated carbocycles. The average Bonchev–Trinajstić information content (AvgIpc) is 3.49. The lowest BCUT2D eigenvalue weighted by molar-refractivity contribution is -0.127. The maximum absolute atomic E-state index is 12.9. The standard InChI is InChI=1S/C21H26N4O2S/c26-19(25(18-11-12-18)17-9-5-2-6-10-17)15-28-21-23-22-20(27)24(21)14-13-16-7-3-1-4-8-16/h1,3-4,7-9,18H,2,5-6,10-15H2,(H,22,27). The molecule has 2 aliphatic rings. The number of aryl methyl sites for hydroxylation is 1. The lowest BCUT2D eigenvalue weighted by atomic mass is 10.0. The minimum atomic E-state index is -0.222. The van der Waals surface area contributed by atoms with Gasteiger partial charge in [-0.05, 0) is 50.5 Å². The second kappa shape index (κ2) is 8.82. The summed E-state index contributed by atoms with van der Waals surface area (Å²) in [6.45, 7) is 0.549. The van der Waals surface area contributed by atoms with Gasteiger partial charge in [-0.1, -0.05) is 48.2 Å². The zero-order chi connectivity index (χ0) is 19.3. The molecule has 28 heavy (non-hydrogen) atoms. The molecule has 0 radical (unpaired) electrons. The molecule has 0 saturated heterocycles. The van der Waals surface area contributed by atoms with Crippen LogP contribution in [0.3, 0.4) is 0 Å². The Labute approximate surface area is 169 Å². The van der Waals surface area contributed by atoms with Crippen molar-refractivity contribution in [2.75, 3.05) is 5.75 Å². The van der Waals surface area contributed by atoms with Crippen molar-refractivity contribution in [2.45, 2.75) is 62.7 Å². The largest absolute Gasteiger partial charge is 0.343 e. The highest BCUT2D eigenvalue weighted by molar-refractivity contribution is 7.99. The van der Waals surface area contributed by atoms with Crippen molar-refractivity contribution in [3.63, 3.8) is 0 Å². The molecule has 7 heteroatoms. The third-order valence-corrected chi connectivity index (χ3v) is 6.23. The van der Waals surface area contributed by atoms with Gasteiger partial charge in [0.15, 0.2) is 5.16 Å². The van der Waals surface area contributed by atoms with Crippen molar-refractivity contribution in [1.29, 1.82) is 0 Å². The van der Waals surface area contributed by atoms with Gasteiger partial charge in [-0.2, -0.15) is 0 Å². The fourth-order valence-electron chi connectivity index (χ4n) is 3.66. The van der Waals surface area contributed by atoms with Gasteiger partial charge in [0.1, 0.15) is 0 Å². The Bertz CT molecular complexity index is 899. The van der Waals surface area contributed by atoms with E-state index in [0.29, 0.717) is 23.5 Å². The molecule has 6 nitrogen and oxygen atoms in total. The predicted molar refractivity (Wildman–Crippen MR) is 110 cm³/mol. The summed E-state index contributed by atoms with van der Waals surface area (Å²) in [6, 6.07) is 10.4. The minimum absolute atomic E-state index is 0.130. The Kier molecular flexibility index (Phi) is 6.00. The smallest absolute Gasteiger partial charge is 0.313 e. The van der Waals surface area contributed by atoms with E-state index in [2.05, 4.69) is 16.3 Å². The quantitative estimate of drug-likeness (QED) is 0.692. The van der Waals surface area contributed by atoms with E-state index in [0.717, 1.165) is 38.5 Å². The van der Waals surface area contributed by atoms with Crippen LogP contribution >= 0.6 is 11.8 Å². The maximum Gasteiger partial charge on any atom is 0.343 e. The van der Waals surface area contributed by atoms with Gasteiger partial charge in [0, 0.05) is 18.3 Å². The van der Waals surface area contributed by atoms with E-state index in [1.165, 1.54) is 29.4 Å². The molecule has 0 unspecified atom stereocenters. The first-order valence-corrected chi connectivity index (χ1v) is 11.0. The molecular weight excluding hydrogens is 372 g/mol. The summed E-state index contributed by atoms with van der Waals surface area (Å²) in [5.74, 6) is 0.439. The third kappa shape index (κ3) is 4.58. The van der Waals surface area contributed by atoms with Crippen LogP contribution in [0.25, 0.3) is 0 Å². The number of thioether (sulfide) groups is 1. The molecule has 1 aromatic carbocycles. The molecule has 1 aromatic heterocycles. The molecular formula is C21H26N4O2S. The number of hydrogen-bond acceptors (Lipinski definition) is 4. The predicted octanol–water partition coefficient (Wildman–Crippen LogP) is 3.36. The third-order valence-electron chi connectivity index (χ3n) is 5.27. The van der Waals surface area contributed by atoms with Crippen LogP contribution in [-0.2, 0) is 17.8 Å². The summed E-state index contributed by atoms with van der Waals surface area (Å²) in [7, 11) is 0. The number of nitrogens with zero attached hydrogens (tertiary/aromatic N) is 3. The molecule has 2 aromatic rings. The number of rotatable bonds is 8. The zero-order valence-corrected chi connectivity index (χ0v) is 16.8. The highest BCUT2D eigenvalue weighted by Crippen LogP contribution is 2.34. The van der Waals surface area contributed by atoms with E-state index in [4.69, 9.17) is 0 Å². The summed E-state index contributed by atoms with van der Waals surface area (Å²) < 4.78 is 1.63. The molecule has 148 valence electrons. The number of hydrogen-bond donors (Lipinski definition) is 1. The normalized spacial score (nSPS) is 16.6.